The van der Waals surface area contributed by atoms with Crippen molar-refractivity contribution in [3.8, 4) is 11.1 Å². The number of aromatic nitrogens is 1. The van der Waals surface area contributed by atoms with E-state index in [0.29, 0.717) is 0 Å². The van der Waals surface area contributed by atoms with Crippen LogP contribution in [-0.2, 0) is 0 Å². The number of benzene rings is 3. The Labute approximate surface area is 188 Å². The zero-order valence-electron chi connectivity index (χ0n) is 17.6. The van der Waals surface area contributed by atoms with Crippen LogP contribution in [0.3, 0.4) is 0 Å². The summed E-state index contributed by atoms with van der Waals surface area (Å²) in [6, 6.07) is 25.1. The van der Waals surface area contributed by atoms with Crippen LogP contribution >= 0.6 is 11.6 Å². The second kappa shape index (κ2) is 8.58. The van der Waals surface area contributed by atoms with Crippen LogP contribution in [0.5, 0.6) is 0 Å². The van der Waals surface area contributed by atoms with Gasteiger partial charge in [0.15, 0.2) is 0 Å². The summed E-state index contributed by atoms with van der Waals surface area (Å²) in [5.74, 6) is 0.855. The summed E-state index contributed by atoms with van der Waals surface area (Å²) in [5.41, 5.74) is 4.52. The molecule has 4 nitrogen and oxygen atoms in total. The molecule has 5 heteroatoms. The average molecular weight is 429 g/mol. The summed E-state index contributed by atoms with van der Waals surface area (Å²) in [7, 11) is 2.18. The molecular formula is C26H25ClN4. The quantitative estimate of drug-likeness (QED) is 0.428. The standard InChI is InChI=1S/C26H25ClN4/c1-30-13-15-31(16-14-30)24-9-7-23(8-10-24)29-26-25-18-21(6-5-19(25)11-12-28-26)20-3-2-4-22(27)17-20/h2-12,17-18H,13-16H2,1H3,(H,28,29). The van der Waals surface area contributed by atoms with Crippen LogP contribution in [-0.4, -0.2) is 43.1 Å². The fraction of sp³-hybridized carbons (Fsp3) is 0.192. The second-order valence-electron chi connectivity index (χ2n) is 8.07. The van der Waals surface area contributed by atoms with E-state index in [2.05, 4.69) is 75.7 Å². The van der Waals surface area contributed by atoms with Crippen molar-refractivity contribution < 1.29 is 0 Å². The molecule has 156 valence electrons. The van der Waals surface area contributed by atoms with Crippen LogP contribution in [0.15, 0.2) is 79.0 Å². The lowest BCUT2D eigenvalue weighted by Crippen LogP contribution is -2.44. The molecule has 31 heavy (non-hydrogen) atoms. The number of pyridine rings is 1. The van der Waals surface area contributed by atoms with Crippen molar-refractivity contribution >= 4 is 39.6 Å². The molecule has 5 rings (SSSR count). The molecule has 4 aromatic rings. The van der Waals surface area contributed by atoms with Crippen LogP contribution in [0.25, 0.3) is 21.9 Å². The minimum absolute atomic E-state index is 0.738. The molecule has 0 saturated carbocycles. The highest BCUT2D eigenvalue weighted by atomic mass is 35.5. The van der Waals surface area contributed by atoms with Gasteiger partial charge >= 0.3 is 0 Å². The summed E-state index contributed by atoms with van der Waals surface area (Å²) in [5, 5.41) is 6.49. The number of fused-ring (bicyclic) bond motifs is 1. The van der Waals surface area contributed by atoms with E-state index in [1.807, 2.05) is 30.5 Å². The van der Waals surface area contributed by atoms with E-state index in [0.717, 1.165) is 64.6 Å². The second-order valence-corrected chi connectivity index (χ2v) is 8.50. The Kier molecular flexibility index (Phi) is 5.49. The Bertz CT molecular complexity index is 1200. The minimum atomic E-state index is 0.738. The van der Waals surface area contributed by atoms with Gasteiger partial charge in [-0.2, -0.15) is 0 Å². The first kappa shape index (κ1) is 19.9. The van der Waals surface area contributed by atoms with Gasteiger partial charge in [-0.3, -0.25) is 0 Å². The molecule has 0 aliphatic carbocycles. The maximum Gasteiger partial charge on any atom is 0.138 e. The largest absolute Gasteiger partial charge is 0.369 e. The molecule has 1 fully saturated rings. The van der Waals surface area contributed by atoms with Gasteiger partial charge in [0.1, 0.15) is 5.82 Å². The molecule has 0 amide bonds. The lowest BCUT2D eigenvalue weighted by atomic mass is 10.0. The number of nitrogens with zero attached hydrogens (tertiary/aromatic N) is 3. The predicted molar refractivity (Wildman–Crippen MR) is 132 cm³/mol. The Hall–Kier alpha value is -3.08. The van der Waals surface area contributed by atoms with Crippen molar-refractivity contribution in [1.82, 2.24) is 9.88 Å². The van der Waals surface area contributed by atoms with Crippen molar-refractivity contribution in [3.63, 3.8) is 0 Å². The molecule has 1 N–H and O–H groups in total. The first-order valence-electron chi connectivity index (χ1n) is 10.6. The van der Waals surface area contributed by atoms with E-state index in [4.69, 9.17) is 11.6 Å². The van der Waals surface area contributed by atoms with Gasteiger partial charge in [-0.1, -0.05) is 35.9 Å². The Morgan fingerprint density at radius 2 is 1.61 bits per heavy atom. The van der Waals surface area contributed by atoms with Crippen molar-refractivity contribution in [2.45, 2.75) is 0 Å². The molecule has 3 aromatic carbocycles. The van der Waals surface area contributed by atoms with E-state index in [9.17, 15) is 0 Å². The number of likely N-dealkylation sites (N-methyl/N-ethyl adjacent to an activating group) is 1. The van der Waals surface area contributed by atoms with Crippen molar-refractivity contribution in [1.29, 1.82) is 0 Å². The van der Waals surface area contributed by atoms with Gasteiger partial charge in [-0.25, -0.2) is 4.98 Å². The number of halogens is 1. The van der Waals surface area contributed by atoms with Gasteiger partial charge in [0.05, 0.1) is 0 Å². The fourth-order valence-electron chi connectivity index (χ4n) is 4.07. The van der Waals surface area contributed by atoms with Crippen LogP contribution < -0.4 is 10.2 Å². The van der Waals surface area contributed by atoms with Crippen molar-refractivity contribution in [2.24, 2.45) is 0 Å². The maximum absolute atomic E-state index is 6.20. The van der Waals surface area contributed by atoms with E-state index < -0.39 is 0 Å². The topological polar surface area (TPSA) is 31.4 Å². The van der Waals surface area contributed by atoms with Gasteiger partial charge in [0.25, 0.3) is 0 Å². The Morgan fingerprint density at radius 3 is 2.39 bits per heavy atom. The summed E-state index contributed by atoms with van der Waals surface area (Å²) in [4.78, 5) is 9.43. The molecule has 0 spiro atoms. The Balaban J connectivity index is 1.41. The molecule has 1 aliphatic heterocycles. The van der Waals surface area contributed by atoms with Crippen LogP contribution in [0.1, 0.15) is 0 Å². The van der Waals surface area contributed by atoms with Crippen LogP contribution in [0.4, 0.5) is 17.2 Å². The number of hydrogen-bond acceptors (Lipinski definition) is 4. The number of hydrogen-bond donors (Lipinski definition) is 1. The maximum atomic E-state index is 6.20. The monoisotopic (exact) mass is 428 g/mol. The van der Waals surface area contributed by atoms with Gasteiger partial charge in [-0.15, -0.1) is 0 Å². The zero-order valence-corrected chi connectivity index (χ0v) is 18.3. The fourth-order valence-corrected chi connectivity index (χ4v) is 4.26. The summed E-state index contributed by atoms with van der Waals surface area (Å²) >= 11 is 6.20. The third-order valence-corrected chi connectivity index (χ3v) is 6.16. The normalized spacial score (nSPS) is 14.7. The van der Waals surface area contributed by atoms with Gasteiger partial charge in [0.2, 0.25) is 0 Å². The molecule has 1 aromatic heterocycles. The van der Waals surface area contributed by atoms with E-state index in [1.165, 1.54) is 5.69 Å². The molecular weight excluding hydrogens is 404 g/mol. The lowest BCUT2D eigenvalue weighted by Gasteiger charge is -2.34. The minimum Gasteiger partial charge on any atom is -0.369 e. The van der Waals surface area contributed by atoms with E-state index in [-0.39, 0.29) is 0 Å². The van der Waals surface area contributed by atoms with Gasteiger partial charge in [-0.05, 0) is 72.1 Å². The molecule has 2 heterocycles. The number of rotatable bonds is 4. The number of piperazine rings is 1. The van der Waals surface area contributed by atoms with Crippen LogP contribution in [0.2, 0.25) is 5.02 Å². The molecule has 0 atom stereocenters. The molecule has 0 bridgehead atoms. The van der Waals surface area contributed by atoms with Crippen molar-refractivity contribution in [2.75, 3.05) is 43.4 Å². The number of nitrogens with one attached hydrogen (secondary N) is 1. The molecule has 1 aliphatic rings. The third-order valence-electron chi connectivity index (χ3n) is 5.92. The summed E-state index contributed by atoms with van der Waals surface area (Å²) in [6.07, 6.45) is 1.85. The molecule has 0 unspecified atom stereocenters. The van der Waals surface area contributed by atoms with E-state index >= 15 is 0 Å². The molecule has 1 saturated heterocycles. The van der Waals surface area contributed by atoms with Gasteiger partial charge in [0, 0.05) is 54.2 Å². The van der Waals surface area contributed by atoms with Crippen molar-refractivity contribution in [3.05, 3.63) is 84.0 Å². The summed E-state index contributed by atoms with van der Waals surface area (Å²) in [6.45, 7) is 4.35. The predicted octanol–water partition coefficient (Wildman–Crippen LogP) is 6.05. The molecule has 0 radical (unpaired) electrons. The smallest absolute Gasteiger partial charge is 0.138 e. The Morgan fingerprint density at radius 1 is 0.839 bits per heavy atom. The SMILES string of the molecule is CN1CCN(c2ccc(Nc3nccc4ccc(-c5cccc(Cl)c5)cc34)cc2)CC1. The highest BCUT2D eigenvalue weighted by Crippen LogP contribution is 2.31. The highest BCUT2D eigenvalue weighted by Gasteiger charge is 2.14. The van der Waals surface area contributed by atoms with Gasteiger partial charge < -0.3 is 15.1 Å². The first-order chi connectivity index (χ1) is 15.2. The summed E-state index contributed by atoms with van der Waals surface area (Å²) < 4.78 is 0. The zero-order chi connectivity index (χ0) is 21.2. The number of anilines is 3. The lowest BCUT2D eigenvalue weighted by molar-refractivity contribution is 0.313. The van der Waals surface area contributed by atoms with E-state index in [1.54, 1.807) is 0 Å². The first-order valence-corrected chi connectivity index (χ1v) is 11.0. The highest BCUT2D eigenvalue weighted by molar-refractivity contribution is 6.30. The van der Waals surface area contributed by atoms with Crippen LogP contribution in [0, 0.1) is 0 Å². The third kappa shape index (κ3) is 4.36. The average Bonchev–Trinajstić information content (AvgIpc) is 2.80.